The summed E-state index contributed by atoms with van der Waals surface area (Å²) in [6.07, 6.45) is 1.60. The zero-order valence-corrected chi connectivity index (χ0v) is 20.7. The molecule has 33 heavy (non-hydrogen) atoms. The minimum absolute atomic E-state index is 0.197. The standard InChI is InChI=1S/C25H23BrN4O2S/c1-17-7-9-18(10-8-17)15-30-22-6-4-3-5-21(22)28-25(30)33-16-24(31)29-27-14-19-11-12-23(32-2)20(26)13-19/h3-14H,15-16H2,1-2H3,(H,29,31)/b27-14+. The SMILES string of the molecule is COc1ccc(/C=N/NC(=O)CSc2nc3ccccc3n2Cc2ccc(C)cc2)cc1Br. The zero-order valence-electron chi connectivity index (χ0n) is 18.3. The normalized spacial score (nSPS) is 11.2. The summed E-state index contributed by atoms with van der Waals surface area (Å²) < 4.78 is 8.19. The molecule has 1 amide bonds. The van der Waals surface area contributed by atoms with Crippen LogP contribution < -0.4 is 10.2 Å². The summed E-state index contributed by atoms with van der Waals surface area (Å²) in [4.78, 5) is 17.1. The molecule has 0 spiro atoms. The van der Waals surface area contributed by atoms with E-state index in [9.17, 15) is 4.79 Å². The van der Waals surface area contributed by atoms with E-state index in [0.29, 0.717) is 6.54 Å². The number of rotatable bonds is 8. The average molecular weight is 523 g/mol. The van der Waals surface area contributed by atoms with Crippen LogP contribution in [0.1, 0.15) is 16.7 Å². The molecule has 0 saturated heterocycles. The Balaban J connectivity index is 1.42. The minimum Gasteiger partial charge on any atom is -0.496 e. The molecule has 1 N–H and O–H groups in total. The van der Waals surface area contributed by atoms with E-state index in [-0.39, 0.29) is 11.7 Å². The molecule has 4 aromatic rings. The number of methoxy groups -OCH3 is 1. The first kappa shape index (κ1) is 23.1. The van der Waals surface area contributed by atoms with E-state index in [0.717, 1.165) is 32.0 Å². The number of halogens is 1. The highest BCUT2D eigenvalue weighted by atomic mass is 79.9. The number of nitrogens with one attached hydrogen (secondary N) is 1. The first-order chi connectivity index (χ1) is 16.0. The summed E-state index contributed by atoms with van der Waals surface area (Å²) in [6.45, 7) is 2.77. The maximum atomic E-state index is 12.4. The number of fused-ring (bicyclic) bond motifs is 1. The molecule has 0 fully saturated rings. The molecule has 6 nitrogen and oxygen atoms in total. The van der Waals surface area contributed by atoms with Crippen molar-refractivity contribution in [1.29, 1.82) is 0 Å². The van der Waals surface area contributed by atoms with E-state index in [1.807, 2.05) is 36.4 Å². The smallest absolute Gasteiger partial charge is 0.250 e. The Labute approximate surface area is 205 Å². The van der Waals surface area contributed by atoms with E-state index in [2.05, 4.69) is 68.3 Å². The second-order valence-corrected chi connectivity index (χ2v) is 9.23. The van der Waals surface area contributed by atoms with Gasteiger partial charge in [-0.05, 0) is 64.3 Å². The number of carbonyl (C=O) groups excluding carboxylic acids is 1. The molecule has 0 bridgehead atoms. The molecule has 0 unspecified atom stereocenters. The number of benzene rings is 3. The van der Waals surface area contributed by atoms with Crippen LogP contribution in [0.25, 0.3) is 11.0 Å². The van der Waals surface area contributed by atoms with Crippen LogP contribution in [0.5, 0.6) is 5.75 Å². The lowest BCUT2D eigenvalue weighted by atomic mass is 10.1. The number of aromatic nitrogens is 2. The molecule has 0 aliphatic rings. The number of ether oxygens (including phenoxy) is 1. The van der Waals surface area contributed by atoms with Gasteiger partial charge in [0.25, 0.3) is 5.91 Å². The number of imidazole rings is 1. The van der Waals surface area contributed by atoms with Gasteiger partial charge in [-0.15, -0.1) is 0 Å². The summed E-state index contributed by atoms with van der Waals surface area (Å²) >= 11 is 4.84. The largest absolute Gasteiger partial charge is 0.496 e. The lowest BCUT2D eigenvalue weighted by Crippen LogP contribution is -2.20. The number of aryl methyl sites for hydroxylation is 1. The van der Waals surface area contributed by atoms with Crippen molar-refractivity contribution in [2.24, 2.45) is 5.10 Å². The Bertz CT molecular complexity index is 1300. The highest BCUT2D eigenvalue weighted by molar-refractivity contribution is 9.10. The molecule has 0 aliphatic heterocycles. The lowest BCUT2D eigenvalue weighted by Gasteiger charge is -2.09. The van der Waals surface area contributed by atoms with E-state index in [1.54, 1.807) is 13.3 Å². The zero-order chi connectivity index (χ0) is 23.2. The van der Waals surface area contributed by atoms with Gasteiger partial charge >= 0.3 is 0 Å². The Morgan fingerprint density at radius 2 is 1.97 bits per heavy atom. The molecule has 8 heteroatoms. The topological polar surface area (TPSA) is 68.5 Å². The number of para-hydroxylation sites is 2. The quantitative estimate of drug-likeness (QED) is 0.191. The van der Waals surface area contributed by atoms with Crippen molar-refractivity contribution in [2.45, 2.75) is 18.6 Å². The van der Waals surface area contributed by atoms with Crippen molar-refractivity contribution in [3.63, 3.8) is 0 Å². The maximum absolute atomic E-state index is 12.4. The number of hydrazone groups is 1. The Hall–Kier alpha value is -3.10. The minimum atomic E-state index is -0.197. The molecule has 3 aromatic carbocycles. The van der Waals surface area contributed by atoms with Crippen molar-refractivity contribution >= 4 is 50.8 Å². The van der Waals surface area contributed by atoms with Gasteiger partial charge in [0.2, 0.25) is 0 Å². The lowest BCUT2D eigenvalue weighted by molar-refractivity contribution is -0.118. The van der Waals surface area contributed by atoms with Gasteiger partial charge in [0.1, 0.15) is 5.75 Å². The van der Waals surface area contributed by atoms with Gasteiger partial charge in [0.05, 0.1) is 41.1 Å². The van der Waals surface area contributed by atoms with Crippen LogP contribution in [-0.2, 0) is 11.3 Å². The van der Waals surface area contributed by atoms with Crippen LogP contribution in [-0.4, -0.2) is 34.5 Å². The maximum Gasteiger partial charge on any atom is 0.250 e. The van der Waals surface area contributed by atoms with Gasteiger partial charge in [0, 0.05) is 0 Å². The first-order valence-corrected chi connectivity index (χ1v) is 12.1. The van der Waals surface area contributed by atoms with Crippen molar-refractivity contribution < 1.29 is 9.53 Å². The summed E-state index contributed by atoms with van der Waals surface area (Å²) in [5, 5.41) is 4.87. The number of hydrogen-bond donors (Lipinski definition) is 1. The number of carbonyl (C=O) groups is 1. The van der Waals surface area contributed by atoms with Crippen molar-refractivity contribution in [1.82, 2.24) is 15.0 Å². The van der Waals surface area contributed by atoms with E-state index in [1.165, 1.54) is 22.9 Å². The van der Waals surface area contributed by atoms with Crippen LogP contribution in [0.2, 0.25) is 0 Å². The molecular weight excluding hydrogens is 500 g/mol. The molecular formula is C25H23BrN4O2S. The molecule has 0 saturated carbocycles. The van der Waals surface area contributed by atoms with Gasteiger partial charge in [-0.3, -0.25) is 4.79 Å². The van der Waals surface area contributed by atoms with Crippen LogP contribution in [0.4, 0.5) is 0 Å². The van der Waals surface area contributed by atoms with Gasteiger partial charge in [-0.2, -0.15) is 5.10 Å². The Morgan fingerprint density at radius 1 is 1.18 bits per heavy atom. The van der Waals surface area contributed by atoms with Crippen molar-refractivity contribution in [3.8, 4) is 5.75 Å². The molecule has 1 heterocycles. The summed E-state index contributed by atoms with van der Waals surface area (Å²) in [5.41, 5.74) is 7.80. The second-order valence-electron chi connectivity index (χ2n) is 7.43. The predicted octanol–water partition coefficient (Wildman–Crippen LogP) is 5.41. The van der Waals surface area contributed by atoms with Gasteiger partial charge in [-0.25, -0.2) is 10.4 Å². The van der Waals surface area contributed by atoms with Crippen LogP contribution >= 0.6 is 27.7 Å². The highest BCUT2D eigenvalue weighted by Gasteiger charge is 2.13. The Kier molecular flexibility index (Phi) is 7.47. The van der Waals surface area contributed by atoms with Gasteiger partial charge in [-0.1, -0.05) is 53.7 Å². The summed E-state index contributed by atoms with van der Waals surface area (Å²) in [6, 6.07) is 22.0. The molecule has 4 rings (SSSR count). The molecule has 1 aromatic heterocycles. The van der Waals surface area contributed by atoms with Gasteiger partial charge < -0.3 is 9.30 Å². The van der Waals surface area contributed by atoms with Crippen molar-refractivity contribution in [2.75, 3.05) is 12.9 Å². The highest BCUT2D eigenvalue weighted by Crippen LogP contribution is 2.26. The van der Waals surface area contributed by atoms with E-state index >= 15 is 0 Å². The number of hydrogen-bond acceptors (Lipinski definition) is 5. The molecule has 0 radical (unpaired) electrons. The number of nitrogens with zero attached hydrogens (tertiary/aromatic N) is 3. The third-order valence-corrected chi connectivity index (χ3v) is 6.59. The summed E-state index contributed by atoms with van der Waals surface area (Å²) in [5.74, 6) is 0.750. The third kappa shape index (κ3) is 5.83. The monoisotopic (exact) mass is 522 g/mol. The van der Waals surface area contributed by atoms with Gasteiger partial charge in [0.15, 0.2) is 5.16 Å². The fraction of sp³-hybridized carbons (Fsp3) is 0.160. The van der Waals surface area contributed by atoms with E-state index in [4.69, 9.17) is 9.72 Å². The number of thioether (sulfide) groups is 1. The third-order valence-electron chi connectivity index (χ3n) is 4.99. The first-order valence-electron chi connectivity index (χ1n) is 10.3. The van der Waals surface area contributed by atoms with Crippen LogP contribution in [0, 0.1) is 6.92 Å². The average Bonchev–Trinajstić information content (AvgIpc) is 3.16. The molecule has 168 valence electrons. The Morgan fingerprint density at radius 3 is 2.73 bits per heavy atom. The second kappa shape index (κ2) is 10.7. The van der Waals surface area contributed by atoms with Crippen molar-refractivity contribution in [3.05, 3.63) is 87.9 Å². The number of amides is 1. The van der Waals surface area contributed by atoms with Crippen LogP contribution in [0.3, 0.4) is 0 Å². The fourth-order valence-electron chi connectivity index (χ4n) is 3.30. The van der Waals surface area contributed by atoms with E-state index < -0.39 is 0 Å². The predicted molar refractivity (Wildman–Crippen MR) is 137 cm³/mol. The van der Waals surface area contributed by atoms with Crippen LogP contribution in [0.15, 0.2) is 81.5 Å². The summed E-state index contributed by atoms with van der Waals surface area (Å²) in [7, 11) is 1.61. The molecule has 0 atom stereocenters. The fourth-order valence-corrected chi connectivity index (χ4v) is 4.66. The molecule has 0 aliphatic carbocycles.